The third-order valence-corrected chi connectivity index (χ3v) is 4.87. The molecule has 0 spiro atoms. The summed E-state index contributed by atoms with van der Waals surface area (Å²) < 4.78 is 5.55. The molecule has 1 unspecified atom stereocenters. The number of hydrogen-bond donors (Lipinski definition) is 2. The first-order chi connectivity index (χ1) is 13.6. The van der Waals surface area contributed by atoms with Crippen molar-refractivity contribution in [2.24, 2.45) is 0 Å². The Hall–Kier alpha value is -2.34. The summed E-state index contributed by atoms with van der Waals surface area (Å²) in [5, 5.41) is 18.8. The third-order valence-electron chi connectivity index (χ3n) is 4.87. The summed E-state index contributed by atoms with van der Waals surface area (Å²) in [7, 11) is 0. The molecular formula is C22H31NO5. The molecular weight excluding hydrogens is 358 g/mol. The summed E-state index contributed by atoms with van der Waals surface area (Å²) in [5.41, 5.74) is 0. The van der Waals surface area contributed by atoms with Crippen molar-refractivity contribution in [3.63, 3.8) is 0 Å². The van der Waals surface area contributed by atoms with Gasteiger partial charge in [-0.3, -0.25) is 9.59 Å². The first kappa shape index (κ1) is 22.0. The number of ether oxygens (including phenoxy) is 1. The molecule has 2 N–H and O–H groups in total. The number of nitrogens with zero attached hydrogens (tertiary/aromatic N) is 1. The van der Waals surface area contributed by atoms with Gasteiger partial charge in [0.1, 0.15) is 18.5 Å². The molecule has 1 aliphatic heterocycles. The molecule has 0 saturated carbocycles. The normalized spacial score (nSPS) is 18.4. The van der Waals surface area contributed by atoms with E-state index < -0.39 is 12.1 Å². The Morgan fingerprint density at radius 3 is 2.71 bits per heavy atom. The fourth-order valence-corrected chi connectivity index (χ4v) is 3.36. The van der Waals surface area contributed by atoms with Crippen molar-refractivity contribution in [3.8, 4) is 5.75 Å². The molecule has 1 aromatic carbocycles. The van der Waals surface area contributed by atoms with E-state index in [2.05, 4.69) is 0 Å². The van der Waals surface area contributed by atoms with E-state index in [4.69, 9.17) is 9.84 Å². The second kappa shape index (κ2) is 12.2. The van der Waals surface area contributed by atoms with Crippen molar-refractivity contribution in [2.75, 3.05) is 13.2 Å². The van der Waals surface area contributed by atoms with Crippen LogP contribution in [0.4, 0.5) is 0 Å². The molecule has 1 fully saturated rings. The van der Waals surface area contributed by atoms with Gasteiger partial charge in [-0.2, -0.15) is 0 Å². The molecule has 2 rings (SSSR count). The maximum Gasteiger partial charge on any atom is 0.303 e. The van der Waals surface area contributed by atoms with Crippen molar-refractivity contribution in [2.45, 2.75) is 63.5 Å². The number of carboxylic acids is 1. The molecule has 1 aliphatic rings. The van der Waals surface area contributed by atoms with Gasteiger partial charge in [0.2, 0.25) is 5.91 Å². The van der Waals surface area contributed by atoms with Crippen LogP contribution in [0.25, 0.3) is 0 Å². The number of carbonyl (C=O) groups excluding carboxylic acids is 1. The van der Waals surface area contributed by atoms with Gasteiger partial charge in [0.05, 0.1) is 6.04 Å². The number of amides is 1. The average Bonchev–Trinajstić information content (AvgIpc) is 2.69. The standard InChI is InChI=1S/C22H31NO5/c24-19(17-28-20-10-4-3-5-11-20)15-14-18-9-8-12-21(25)23(18)16-7-2-1-6-13-22(26)27/h3-5,10-11,14-15,18-19,24H,1-2,6-9,12-13,16-17H2,(H,26,27)/b15-14+/t18-,19?/m1/s1. The van der Waals surface area contributed by atoms with Crippen molar-refractivity contribution in [1.82, 2.24) is 4.90 Å². The zero-order chi connectivity index (χ0) is 20.2. The van der Waals surface area contributed by atoms with E-state index in [9.17, 15) is 14.7 Å². The van der Waals surface area contributed by atoms with Gasteiger partial charge < -0.3 is 19.8 Å². The molecule has 154 valence electrons. The second-order valence-electron chi connectivity index (χ2n) is 7.18. The van der Waals surface area contributed by atoms with Gasteiger partial charge in [0.15, 0.2) is 0 Å². The predicted octanol–water partition coefficient (Wildman–Crippen LogP) is 3.40. The molecule has 1 saturated heterocycles. The predicted molar refractivity (Wildman–Crippen MR) is 107 cm³/mol. The van der Waals surface area contributed by atoms with Crippen LogP contribution in [0.5, 0.6) is 5.75 Å². The lowest BCUT2D eigenvalue weighted by Crippen LogP contribution is -2.43. The topological polar surface area (TPSA) is 87.1 Å². The van der Waals surface area contributed by atoms with Gasteiger partial charge >= 0.3 is 5.97 Å². The highest BCUT2D eigenvalue weighted by atomic mass is 16.5. The monoisotopic (exact) mass is 389 g/mol. The largest absolute Gasteiger partial charge is 0.491 e. The van der Waals surface area contributed by atoms with E-state index in [-0.39, 0.29) is 25.0 Å². The Balaban J connectivity index is 1.75. The van der Waals surface area contributed by atoms with Crippen molar-refractivity contribution in [3.05, 3.63) is 42.5 Å². The molecule has 28 heavy (non-hydrogen) atoms. The Bertz CT molecular complexity index is 631. The van der Waals surface area contributed by atoms with Gasteiger partial charge in [-0.25, -0.2) is 0 Å². The van der Waals surface area contributed by atoms with Crippen LogP contribution in [-0.4, -0.2) is 52.3 Å². The summed E-state index contributed by atoms with van der Waals surface area (Å²) in [6.07, 6.45) is 8.77. The molecule has 1 amide bonds. The summed E-state index contributed by atoms with van der Waals surface area (Å²) in [5.74, 6) is 0.111. The first-order valence-electron chi connectivity index (χ1n) is 10.1. The summed E-state index contributed by atoms with van der Waals surface area (Å²) in [6.45, 7) is 0.849. The van der Waals surface area contributed by atoms with Crippen LogP contribution in [0.2, 0.25) is 0 Å². The molecule has 0 aromatic heterocycles. The molecule has 1 heterocycles. The average molecular weight is 389 g/mol. The van der Waals surface area contributed by atoms with Crippen LogP contribution in [0.3, 0.4) is 0 Å². The number of aliphatic hydroxyl groups is 1. The zero-order valence-electron chi connectivity index (χ0n) is 16.3. The molecule has 1 aromatic rings. The smallest absolute Gasteiger partial charge is 0.303 e. The number of carboxylic acid groups (broad SMARTS) is 1. The van der Waals surface area contributed by atoms with Crippen LogP contribution >= 0.6 is 0 Å². The Morgan fingerprint density at radius 1 is 1.21 bits per heavy atom. The van der Waals surface area contributed by atoms with E-state index >= 15 is 0 Å². The molecule has 6 nitrogen and oxygen atoms in total. The minimum Gasteiger partial charge on any atom is -0.491 e. The molecule has 0 radical (unpaired) electrons. The van der Waals surface area contributed by atoms with Gasteiger partial charge in [-0.15, -0.1) is 0 Å². The molecule has 6 heteroatoms. The lowest BCUT2D eigenvalue weighted by Gasteiger charge is -2.34. The van der Waals surface area contributed by atoms with E-state index in [1.165, 1.54) is 0 Å². The van der Waals surface area contributed by atoms with Crippen molar-refractivity contribution >= 4 is 11.9 Å². The van der Waals surface area contributed by atoms with Gasteiger partial charge in [0, 0.05) is 19.4 Å². The Kier molecular flexibility index (Phi) is 9.55. The van der Waals surface area contributed by atoms with E-state index in [0.717, 1.165) is 32.1 Å². The lowest BCUT2D eigenvalue weighted by molar-refractivity contribution is -0.137. The second-order valence-corrected chi connectivity index (χ2v) is 7.18. The minimum absolute atomic E-state index is 0.00615. The maximum atomic E-state index is 12.3. The quantitative estimate of drug-likeness (QED) is 0.423. The van der Waals surface area contributed by atoms with Gasteiger partial charge in [-0.05, 0) is 37.8 Å². The number of likely N-dealkylation sites (tertiary alicyclic amines) is 1. The number of piperidine rings is 1. The number of rotatable bonds is 12. The highest BCUT2D eigenvalue weighted by molar-refractivity contribution is 5.77. The summed E-state index contributed by atoms with van der Waals surface area (Å²) in [4.78, 5) is 24.7. The number of unbranched alkanes of at least 4 members (excludes halogenated alkanes) is 3. The number of benzene rings is 1. The minimum atomic E-state index is -0.758. The van der Waals surface area contributed by atoms with Crippen LogP contribution in [-0.2, 0) is 9.59 Å². The fraction of sp³-hybridized carbons (Fsp3) is 0.545. The number of para-hydroxylation sites is 1. The lowest BCUT2D eigenvalue weighted by atomic mass is 9.99. The molecule has 2 atom stereocenters. The van der Waals surface area contributed by atoms with Crippen LogP contribution in [0.15, 0.2) is 42.5 Å². The van der Waals surface area contributed by atoms with E-state index in [1.807, 2.05) is 41.3 Å². The highest BCUT2D eigenvalue weighted by Crippen LogP contribution is 2.20. The first-order valence-corrected chi connectivity index (χ1v) is 10.1. The number of hydrogen-bond acceptors (Lipinski definition) is 4. The van der Waals surface area contributed by atoms with E-state index in [0.29, 0.717) is 25.1 Å². The third kappa shape index (κ3) is 8.13. The van der Waals surface area contributed by atoms with Gasteiger partial charge in [-0.1, -0.05) is 43.2 Å². The summed E-state index contributed by atoms with van der Waals surface area (Å²) >= 11 is 0. The molecule has 0 aliphatic carbocycles. The van der Waals surface area contributed by atoms with Crippen LogP contribution in [0, 0.1) is 0 Å². The molecule has 0 bridgehead atoms. The number of aliphatic carboxylic acids is 1. The van der Waals surface area contributed by atoms with Crippen LogP contribution in [0.1, 0.15) is 51.4 Å². The van der Waals surface area contributed by atoms with E-state index in [1.54, 1.807) is 6.08 Å². The summed E-state index contributed by atoms with van der Waals surface area (Å²) in [6, 6.07) is 9.36. The Labute approximate surface area is 166 Å². The highest BCUT2D eigenvalue weighted by Gasteiger charge is 2.25. The SMILES string of the molecule is O=C(O)CCCCCCN1C(=O)CCC[C@@H]1/C=C/C(O)COc1ccccc1. The van der Waals surface area contributed by atoms with Crippen molar-refractivity contribution < 1.29 is 24.5 Å². The van der Waals surface area contributed by atoms with Crippen LogP contribution < -0.4 is 4.74 Å². The fourth-order valence-electron chi connectivity index (χ4n) is 3.36. The number of aliphatic hydroxyl groups excluding tert-OH is 1. The van der Waals surface area contributed by atoms with Crippen molar-refractivity contribution in [1.29, 1.82) is 0 Å². The Morgan fingerprint density at radius 2 is 1.96 bits per heavy atom. The van der Waals surface area contributed by atoms with Gasteiger partial charge in [0.25, 0.3) is 0 Å². The maximum absolute atomic E-state index is 12.3. The zero-order valence-corrected chi connectivity index (χ0v) is 16.3. The number of carbonyl (C=O) groups is 2.